The number of hydrogen-bond acceptors (Lipinski definition) is 8. The summed E-state index contributed by atoms with van der Waals surface area (Å²) in [5.74, 6) is -0.913. The van der Waals surface area contributed by atoms with Crippen LogP contribution in [-0.4, -0.2) is 85.3 Å². The SMILES string of the molecule is CC(=O)NC(C)(C)C(=O)N[C@H](COCc1ccccc1)C1=NN=C2C=CC=C(COC(=O)N3CCOCC3)CC21. The van der Waals surface area contributed by atoms with Crippen LogP contribution in [0.5, 0.6) is 0 Å². The van der Waals surface area contributed by atoms with Crippen LogP contribution >= 0.6 is 0 Å². The third-order valence-corrected chi connectivity index (χ3v) is 6.83. The van der Waals surface area contributed by atoms with Crippen molar-refractivity contribution in [1.29, 1.82) is 0 Å². The number of carbonyl (C=O) groups excluding carboxylic acids is 3. The molecule has 1 aromatic carbocycles. The lowest BCUT2D eigenvalue weighted by molar-refractivity contribution is -0.132. The molecule has 1 aliphatic carbocycles. The van der Waals surface area contributed by atoms with Crippen molar-refractivity contribution in [2.24, 2.45) is 16.1 Å². The molecule has 11 heteroatoms. The molecule has 0 saturated carbocycles. The van der Waals surface area contributed by atoms with Gasteiger partial charge in [-0.1, -0.05) is 42.5 Å². The fourth-order valence-corrected chi connectivity index (χ4v) is 4.69. The minimum Gasteiger partial charge on any atom is -0.445 e. The first-order valence-corrected chi connectivity index (χ1v) is 13.4. The standard InChI is InChI=1S/C29H37N5O6/c1-20(35)31-29(2,3)27(36)30-25(19-39-17-21-8-5-4-6-9-21)26-23-16-22(10-7-11-24(23)32-33-26)18-40-28(37)34-12-14-38-15-13-34/h4-11,23,25H,12-19H2,1-3H3,(H,30,36)(H,31,35)/t23?,25-/m1/s1. The summed E-state index contributed by atoms with van der Waals surface area (Å²) in [6.07, 6.45) is 5.81. The van der Waals surface area contributed by atoms with Gasteiger partial charge in [0.05, 0.1) is 43.9 Å². The van der Waals surface area contributed by atoms with E-state index in [0.29, 0.717) is 45.0 Å². The van der Waals surface area contributed by atoms with Gasteiger partial charge in [0.15, 0.2) is 0 Å². The van der Waals surface area contributed by atoms with E-state index >= 15 is 0 Å². The zero-order chi connectivity index (χ0) is 28.5. The summed E-state index contributed by atoms with van der Waals surface area (Å²) >= 11 is 0. The zero-order valence-electron chi connectivity index (χ0n) is 23.2. The third kappa shape index (κ3) is 7.86. The Labute approximate surface area is 234 Å². The van der Waals surface area contributed by atoms with Crippen LogP contribution in [0.3, 0.4) is 0 Å². The van der Waals surface area contributed by atoms with Crippen LogP contribution in [-0.2, 0) is 30.4 Å². The Balaban J connectivity index is 1.44. The monoisotopic (exact) mass is 551 g/mol. The maximum Gasteiger partial charge on any atom is 0.410 e. The highest BCUT2D eigenvalue weighted by atomic mass is 16.6. The van der Waals surface area contributed by atoms with Crippen LogP contribution in [0, 0.1) is 5.92 Å². The average molecular weight is 552 g/mol. The van der Waals surface area contributed by atoms with E-state index in [-0.39, 0.29) is 37.0 Å². The van der Waals surface area contributed by atoms with Gasteiger partial charge in [0.1, 0.15) is 12.1 Å². The van der Waals surface area contributed by atoms with E-state index in [1.54, 1.807) is 18.7 Å². The van der Waals surface area contributed by atoms with E-state index in [1.165, 1.54) is 6.92 Å². The predicted molar refractivity (Wildman–Crippen MR) is 150 cm³/mol. The van der Waals surface area contributed by atoms with Gasteiger partial charge < -0.3 is 29.7 Å². The van der Waals surface area contributed by atoms with Gasteiger partial charge >= 0.3 is 6.09 Å². The molecule has 0 spiro atoms. The van der Waals surface area contributed by atoms with Crippen molar-refractivity contribution in [3.63, 3.8) is 0 Å². The summed E-state index contributed by atoms with van der Waals surface area (Å²) in [4.78, 5) is 39.1. The summed E-state index contributed by atoms with van der Waals surface area (Å²) in [5, 5.41) is 14.6. The Bertz CT molecular complexity index is 1200. The highest BCUT2D eigenvalue weighted by molar-refractivity contribution is 6.17. The highest BCUT2D eigenvalue weighted by Gasteiger charge is 2.37. The van der Waals surface area contributed by atoms with Crippen LogP contribution < -0.4 is 10.6 Å². The smallest absolute Gasteiger partial charge is 0.410 e. The number of allylic oxidation sites excluding steroid dienone is 3. The predicted octanol–water partition coefficient (Wildman–Crippen LogP) is 2.38. The molecule has 0 bridgehead atoms. The molecule has 2 atom stereocenters. The number of morpholine rings is 1. The van der Waals surface area contributed by atoms with Crippen molar-refractivity contribution >= 4 is 29.3 Å². The number of benzene rings is 1. The van der Waals surface area contributed by atoms with E-state index < -0.39 is 11.6 Å². The van der Waals surface area contributed by atoms with E-state index in [9.17, 15) is 14.4 Å². The maximum absolute atomic E-state index is 13.3. The number of nitrogens with one attached hydrogen (secondary N) is 2. The molecule has 40 heavy (non-hydrogen) atoms. The summed E-state index contributed by atoms with van der Waals surface area (Å²) in [6, 6.07) is 9.14. The topological polar surface area (TPSA) is 131 Å². The Morgan fingerprint density at radius 1 is 1.12 bits per heavy atom. The van der Waals surface area contributed by atoms with E-state index in [1.807, 2.05) is 48.6 Å². The van der Waals surface area contributed by atoms with Gasteiger partial charge in [0.2, 0.25) is 11.8 Å². The van der Waals surface area contributed by atoms with E-state index in [0.717, 1.165) is 16.8 Å². The maximum atomic E-state index is 13.3. The molecule has 1 saturated heterocycles. The molecule has 3 aliphatic rings. The number of rotatable bonds is 10. The van der Waals surface area contributed by atoms with Gasteiger partial charge in [0, 0.05) is 25.9 Å². The lowest BCUT2D eigenvalue weighted by Crippen LogP contribution is -2.58. The Kier molecular flexibility index (Phi) is 9.84. The van der Waals surface area contributed by atoms with Crippen LogP contribution in [0.4, 0.5) is 4.79 Å². The average Bonchev–Trinajstić information content (AvgIpc) is 3.21. The molecule has 4 rings (SSSR count). The minimum atomic E-state index is -1.14. The third-order valence-electron chi connectivity index (χ3n) is 6.83. The van der Waals surface area contributed by atoms with Gasteiger partial charge in [0.25, 0.3) is 0 Å². The van der Waals surface area contributed by atoms with Gasteiger partial charge in [-0.3, -0.25) is 9.59 Å². The summed E-state index contributed by atoms with van der Waals surface area (Å²) in [5.41, 5.74) is 2.16. The second kappa shape index (κ2) is 13.5. The first kappa shape index (κ1) is 29.2. The number of amides is 3. The van der Waals surface area contributed by atoms with Crippen molar-refractivity contribution in [2.45, 2.75) is 45.4 Å². The van der Waals surface area contributed by atoms with Crippen molar-refractivity contribution in [3.8, 4) is 0 Å². The lowest BCUT2D eigenvalue weighted by Gasteiger charge is -2.29. The highest BCUT2D eigenvalue weighted by Crippen LogP contribution is 2.26. The normalized spacial score (nSPS) is 19.4. The zero-order valence-corrected chi connectivity index (χ0v) is 23.2. The first-order valence-electron chi connectivity index (χ1n) is 13.4. The fraction of sp³-hybridized carbons (Fsp3) is 0.483. The molecule has 0 radical (unpaired) electrons. The molecule has 1 fully saturated rings. The van der Waals surface area contributed by atoms with E-state index in [2.05, 4.69) is 20.8 Å². The summed E-state index contributed by atoms with van der Waals surface area (Å²) in [6.45, 7) is 7.31. The molecule has 2 N–H and O–H groups in total. The Morgan fingerprint density at radius 2 is 1.88 bits per heavy atom. The summed E-state index contributed by atoms with van der Waals surface area (Å²) < 4.78 is 16.9. The quantitative estimate of drug-likeness (QED) is 0.459. The van der Waals surface area contributed by atoms with E-state index in [4.69, 9.17) is 14.2 Å². The molecule has 1 aromatic rings. The van der Waals surface area contributed by atoms with Crippen molar-refractivity contribution in [1.82, 2.24) is 15.5 Å². The summed E-state index contributed by atoms with van der Waals surface area (Å²) in [7, 11) is 0. The molecule has 214 valence electrons. The number of hydrogen-bond donors (Lipinski definition) is 2. The molecule has 11 nitrogen and oxygen atoms in total. The number of nitrogens with zero attached hydrogens (tertiary/aromatic N) is 3. The number of ether oxygens (including phenoxy) is 3. The number of carbonyl (C=O) groups is 3. The van der Waals surface area contributed by atoms with Gasteiger partial charge in [-0.25, -0.2) is 4.79 Å². The second-order valence-corrected chi connectivity index (χ2v) is 10.5. The van der Waals surface area contributed by atoms with Crippen molar-refractivity contribution < 1.29 is 28.6 Å². The van der Waals surface area contributed by atoms with Gasteiger partial charge in [-0.05, 0) is 37.5 Å². The first-order chi connectivity index (χ1) is 19.2. The van der Waals surface area contributed by atoms with Gasteiger partial charge in [-0.15, -0.1) is 0 Å². The Morgan fingerprint density at radius 3 is 2.60 bits per heavy atom. The molecular weight excluding hydrogens is 514 g/mol. The van der Waals surface area contributed by atoms with Crippen LogP contribution in [0.25, 0.3) is 0 Å². The van der Waals surface area contributed by atoms with Crippen molar-refractivity contribution in [2.75, 3.05) is 39.5 Å². The molecular formula is C29H37N5O6. The Hall–Kier alpha value is -3.83. The number of fused-ring (bicyclic) bond motifs is 1. The lowest BCUT2D eigenvalue weighted by atomic mass is 9.88. The van der Waals surface area contributed by atoms with Gasteiger partial charge in [-0.2, -0.15) is 10.2 Å². The second-order valence-electron chi connectivity index (χ2n) is 10.5. The largest absolute Gasteiger partial charge is 0.445 e. The molecule has 2 aliphatic heterocycles. The van der Waals surface area contributed by atoms with Crippen LogP contribution in [0.1, 0.15) is 32.8 Å². The molecule has 0 aromatic heterocycles. The molecule has 2 heterocycles. The minimum absolute atomic E-state index is 0.134. The van der Waals surface area contributed by atoms with Crippen LogP contribution in [0.2, 0.25) is 0 Å². The molecule has 3 amide bonds. The fourth-order valence-electron chi connectivity index (χ4n) is 4.69. The van der Waals surface area contributed by atoms with Crippen LogP contribution in [0.15, 0.2) is 64.3 Å². The molecule has 1 unspecified atom stereocenters. The van der Waals surface area contributed by atoms with Crippen molar-refractivity contribution in [3.05, 3.63) is 59.7 Å².